The van der Waals surface area contributed by atoms with Crippen LogP contribution in [-0.2, 0) is 4.74 Å². The molecule has 1 aliphatic heterocycles. The monoisotopic (exact) mass is 228 g/mol. The third kappa shape index (κ3) is 4.04. The van der Waals surface area contributed by atoms with Crippen LogP contribution in [0.2, 0.25) is 0 Å². The lowest BCUT2D eigenvalue weighted by Crippen LogP contribution is -2.44. The van der Waals surface area contributed by atoms with E-state index in [2.05, 4.69) is 31.0 Å². The molecule has 0 saturated carbocycles. The Kier molecular flexibility index (Phi) is 6.32. The van der Waals surface area contributed by atoms with Gasteiger partial charge in [0, 0.05) is 32.8 Å². The van der Waals surface area contributed by atoms with Crippen LogP contribution < -0.4 is 5.32 Å². The fourth-order valence-electron chi connectivity index (χ4n) is 2.40. The van der Waals surface area contributed by atoms with Gasteiger partial charge in [-0.25, -0.2) is 0 Å². The van der Waals surface area contributed by atoms with Crippen LogP contribution in [0.4, 0.5) is 0 Å². The smallest absolute Gasteiger partial charge is 0.0630 e. The maximum absolute atomic E-state index is 5.34. The third-order valence-electron chi connectivity index (χ3n) is 3.70. The standard InChI is InChI=1S/C13H28N2O/c1-5-6-14-7-13(10-16-4)15-8-11(2)12(3)9-15/h11-14H,5-10H2,1-4H3. The fraction of sp³-hybridized carbons (Fsp3) is 1.00. The van der Waals surface area contributed by atoms with Gasteiger partial charge in [-0.1, -0.05) is 20.8 Å². The summed E-state index contributed by atoms with van der Waals surface area (Å²) >= 11 is 0. The van der Waals surface area contributed by atoms with Crippen molar-refractivity contribution in [1.29, 1.82) is 0 Å². The second-order valence-corrected chi connectivity index (χ2v) is 5.22. The quantitative estimate of drug-likeness (QED) is 0.670. The zero-order valence-corrected chi connectivity index (χ0v) is 11.3. The Morgan fingerprint density at radius 3 is 2.44 bits per heavy atom. The lowest BCUT2D eigenvalue weighted by molar-refractivity contribution is 0.101. The van der Waals surface area contributed by atoms with Crippen LogP contribution in [-0.4, -0.2) is 50.8 Å². The Morgan fingerprint density at radius 2 is 1.94 bits per heavy atom. The Balaban J connectivity index is 2.37. The van der Waals surface area contributed by atoms with Crippen LogP contribution in [0.3, 0.4) is 0 Å². The van der Waals surface area contributed by atoms with Crippen molar-refractivity contribution < 1.29 is 4.74 Å². The van der Waals surface area contributed by atoms with Crippen LogP contribution in [0.5, 0.6) is 0 Å². The summed E-state index contributed by atoms with van der Waals surface area (Å²) in [6, 6.07) is 0.545. The normalized spacial score (nSPS) is 28.5. The second kappa shape index (κ2) is 7.25. The first kappa shape index (κ1) is 13.9. The van der Waals surface area contributed by atoms with Crippen molar-refractivity contribution in [3.63, 3.8) is 0 Å². The van der Waals surface area contributed by atoms with Crippen molar-refractivity contribution in [2.45, 2.75) is 33.2 Å². The molecule has 0 radical (unpaired) electrons. The molecule has 3 nitrogen and oxygen atoms in total. The predicted molar refractivity (Wildman–Crippen MR) is 68.7 cm³/mol. The molecule has 1 heterocycles. The van der Waals surface area contributed by atoms with E-state index in [1.54, 1.807) is 7.11 Å². The SMILES string of the molecule is CCCNCC(COC)N1CC(C)C(C)C1. The molecule has 0 aliphatic carbocycles. The van der Waals surface area contributed by atoms with Gasteiger partial charge in [0.1, 0.15) is 0 Å². The molecule has 96 valence electrons. The highest BCUT2D eigenvalue weighted by atomic mass is 16.5. The molecule has 0 spiro atoms. The number of methoxy groups -OCH3 is 1. The Morgan fingerprint density at radius 1 is 1.31 bits per heavy atom. The lowest BCUT2D eigenvalue weighted by atomic mass is 10.0. The van der Waals surface area contributed by atoms with Crippen molar-refractivity contribution in [1.82, 2.24) is 10.2 Å². The van der Waals surface area contributed by atoms with Gasteiger partial charge < -0.3 is 10.1 Å². The van der Waals surface area contributed by atoms with Gasteiger partial charge in [0.25, 0.3) is 0 Å². The minimum Gasteiger partial charge on any atom is -0.383 e. The van der Waals surface area contributed by atoms with Gasteiger partial charge in [-0.2, -0.15) is 0 Å². The van der Waals surface area contributed by atoms with Gasteiger partial charge in [0.05, 0.1) is 6.61 Å². The van der Waals surface area contributed by atoms with Gasteiger partial charge >= 0.3 is 0 Å². The highest BCUT2D eigenvalue weighted by molar-refractivity contribution is 4.84. The molecular weight excluding hydrogens is 200 g/mol. The van der Waals surface area contributed by atoms with E-state index in [1.165, 1.54) is 19.5 Å². The van der Waals surface area contributed by atoms with Crippen molar-refractivity contribution in [3.05, 3.63) is 0 Å². The molecule has 0 amide bonds. The summed E-state index contributed by atoms with van der Waals surface area (Å²) in [6.45, 7) is 12.4. The van der Waals surface area contributed by atoms with Crippen LogP contribution >= 0.6 is 0 Å². The maximum atomic E-state index is 5.34. The summed E-state index contributed by atoms with van der Waals surface area (Å²) in [6.07, 6.45) is 1.20. The molecule has 3 heteroatoms. The Bertz CT molecular complexity index is 177. The Labute approximate surface area is 101 Å². The van der Waals surface area contributed by atoms with Gasteiger partial charge in [0.15, 0.2) is 0 Å². The fourth-order valence-corrected chi connectivity index (χ4v) is 2.40. The zero-order chi connectivity index (χ0) is 12.0. The molecule has 0 aromatic carbocycles. The number of rotatable bonds is 7. The van der Waals surface area contributed by atoms with E-state index < -0.39 is 0 Å². The van der Waals surface area contributed by atoms with E-state index >= 15 is 0 Å². The minimum atomic E-state index is 0.545. The van der Waals surface area contributed by atoms with Gasteiger partial charge in [-0.05, 0) is 24.8 Å². The predicted octanol–water partition coefficient (Wildman–Crippen LogP) is 1.59. The van der Waals surface area contributed by atoms with E-state index in [0.717, 1.165) is 31.5 Å². The lowest BCUT2D eigenvalue weighted by Gasteiger charge is -2.27. The average molecular weight is 228 g/mol. The molecule has 1 saturated heterocycles. The summed E-state index contributed by atoms with van der Waals surface area (Å²) in [5.41, 5.74) is 0. The minimum absolute atomic E-state index is 0.545. The Hall–Kier alpha value is -0.120. The molecule has 0 bridgehead atoms. The molecule has 0 aromatic heterocycles. The number of likely N-dealkylation sites (tertiary alicyclic amines) is 1. The second-order valence-electron chi connectivity index (χ2n) is 5.22. The van der Waals surface area contributed by atoms with E-state index in [-0.39, 0.29) is 0 Å². The van der Waals surface area contributed by atoms with Crippen molar-refractivity contribution in [2.24, 2.45) is 11.8 Å². The van der Waals surface area contributed by atoms with Gasteiger partial charge in [-0.3, -0.25) is 4.90 Å². The number of hydrogen-bond acceptors (Lipinski definition) is 3. The number of ether oxygens (including phenoxy) is 1. The summed E-state index contributed by atoms with van der Waals surface area (Å²) < 4.78 is 5.34. The highest BCUT2D eigenvalue weighted by Crippen LogP contribution is 2.23. The summed E-state index contributed by atoms with van der Waals surface area (Å²) in [4.78, 5) is 2.58. The van der Waals surface area contributed by atoms with Crippen LogP contribution in [0.1, 0.15) is 27.2 Å². The number of hydrogen-bond donors (Lipinski definition) is 1. The summed E-state index contributed by atoms with van der Waals surface area (Å²) in [5, 5.41) is 3.50. The average Bonchev–Trinajstić information content (AvgIpc) is 2.58. The molecule has 1 rings (SSSR count). The molecule has 1 fully saturated rings. The van der Waals surface area contributed by atoms with Crippen LogP contribution in [0.25, 0.3) is 0 Å². The highest BCUT2D eigenvalue weighted by Gasteiger charge is 2.30. The molecule has 1 N–H and O–H groups in total. The van der Waals surface area contributed by atoms with Gasteiger partial charge in [0.2, 0.25) is 0 Å². The van der Waals surface area contributed by atoms with Crippen LogP contribution in [0, 0.1) is 11.8 Å². The first-order valence-corrected chi connectivity index (χ1v) is 6.62. The third-order valence-corrected chi connectivity index (χ3v) is 3.70. The summed E-state index contributed by atoms with van der Waals surface area (Å²) in [7, 11) is 1.80. The largest absolute Gasteiger partial charge is 0.383 e. The van der Waals surface area contributed by atoms with Crippen molar-refractivity contribution in [2.75, 3.05) is 39.9 Å². The zero-order valence-electron chi connectivity index (χ0n) is 11.3. The molecule has 3 atom stereocenters. The first-order chi connectivity index (χ1) is 7.69. The molecule has 16 heavy (non-hydrogen) atoms. The van der Waals surface area contributed by atoms with Crippen LogP contribution in [0.15, 0.2) is 0 Å². The van der Waals surface area contributed by atoms with Gasteiger partial charge in [-0.15, -0.1) is 0 Å². The molecule has 0 aromatic rings. The molecular formula is C13H28N2O. The number of nitrogens with one attached hydrogen (secondary N) is 1. The molecule has 1 aliphatic rings. The van der Waals surface area contributed by atoms with Crippen molar-refractivity contribution >= 4 is 0 Å². The maximum Gasteiger partial charge on any atom is 0.0630 e. The number of nitrogens with zero attached hydrogens (tertiary/aromatic N) is 1. The molecule has 3 unspecified atom stereocenters. The van der Waals surface area contributed by atoms with E-state index in [4.69, 9.17) is 4.74 Å². The van der Waals surface area contributed by atoms with Crippen molar-refractivity contribution in [3.8, 4) is 0 Å². The summed E-state index contributed by atoms with van der Waals surface area (Å²) in [5.74, 6) is 1.65. The van der Waals surface area contributed by atoms with E-state index in [9.17, 15) is 0 Å². The van der Waals surface area contributed by atoms with E-state index in [0.29, 0.717) is 6.04 Å². The topological polar surface area (TPSA) is 24.5 Å². The first-order valence-electron chi connectivity index (χ1n) is 6.62. The van der Waals surface area contributed by atoms with E-state index in [1.807, 2.05) is 0 Å².